The lowest BCUT2D eigenvalue weighted by Gasteiger charge is -2.06. The fourth-order valence-electron chi connectivity index (χ4n) is 1.49. The Balaban J connectivity index is 1.97. The van der Waals surface area contributed by atoms with Crippen LogP contribution in [0.25, 0.3) is 0 Å². The topological polar surface area (TPSA) is 141 Å². The highest BCUT2D eigenvalue weighted by Crippen LogP contribution is 2.34. The number of anilines is 1. The predicted molar refractivity (Wildman–Crippen MR) is 80.3 cm³/mol. The molecule has 0 aliphatic heterocycles. The zero-order valence-corrected chi connectivity index (χ0v) is 13.0. The Kier molecular flexibility index (Phi) is 4.88. The van der Waals surface area contributed by atoms with Gasteiger partial charge in [-0.2, -0.15) is 9.90 Å². The Hall–Kier alpha value is -2.69. The number of hydrogen-bond acceptors (Lipinski definition) is 8. The van der Waals surface area contributed by atoms with Crippen LogP contribution < -0.4 is 15.9 Å². The molecule has 2 aromatic rings. The number of aromatic hydroxyl groups is 1. The van der Waals surface area contributed by atoms with E-state index in [0.717, 1.165) is 4.80 Å². The van der Waals surface area contributed by atoms with Crippen LogP contribution in [0, 0.1) is 0 Å². The fourth-order valence-corrected chi connectivity index (χ4v) is 1.95. The molecule has 0 aliphatic rings. The molecule has 0 saturated carbocycles. The van der Waals surface area contributed by atoms with Crippen LogP contribution in [-0.4, -0.2) is 44.5 Å². The summed E-state index contributed by atoms with van der Waals surface area (Å²) in [6.07, 6.45) is 1.40. The number of methoxy groups -OCH3 is 1. The lowest BCUT2D eigenvalue weighted by molar-refractivity contribution is -0.122. The van der Waals surface area contributed by atoms with Gasteiger partial charge in [-0.1, -0.05) is 5.10 Å². The molecule has 1 aromatic carbocycles. The quantitative estimate of drug-likeness (QED) is 0.492. The predicted octanol–water partition coefficient (Wildman–Crippen LogP) is -0.118. The number of phenols is 1. The van der Waals surface area contributed by atoms with Crippen molar-refractivity contribution in [2.24, 2.45) is 5.10 Å². The molecular weight excluding hydrogens is 358 g/mol. The van der Waals surface area contributed by atoms with Crippen LogP contribution >= 0.6 is 15.9 Å². The van der Waals surface area contributed by atoms with Crippen molar-refractivity contribution in [2.75, 3.05) is 12.8 Å². The van der Waals surface area contributed by atoms with Gasteiger partial charge >= 0.3 is 0 Å². The molecule has 0 unspecified atom stereocenters. The molecule has 1 amide bonds. The second-order valence-electron chi connectivity index (χ2n) is 4.02. The van der Waals surface area contributed by atoms with E-state index in [-0.39, 0.29) is 24.0 Å². The lowest BCUT2D eigenvalue weighted by atomic mass is 10.2. The third-order valence-corrected chi connectivity index (χ3v) is 3.03. The highest BCUT2D eigenvalue weighted by Gasteiger charge is 2.08. The van der Waals surface area contributed by atoms with Gasteiger partial charge in [0.15, 0.2) is 11.5 Å². The highest BCUT2D eigenvalue weighted by molar-refractivity contribution is 9.10. The Morgan fingerprint density at radius 3 is 3.05 bits per heavy atom. The van der Waals surface area contributed by atoms with E-state index >= 15 is 0 Å². The maximum atomic E-state index is 11.6. The molecule has 4 N–H and O–H groups in total. The summed E-state index contributed by atoms with van der Waals surface area (Å²) in [5.74, 6) is -0.196. The summed E-state index contributed by atoms with van der Waals surface area (Å²) in [7, 11) is 1.43. The van der Waals surface area contributed by atoms with E-state index in [9.17, 15) is 9.90 Å². The molecule has 10 nitrogen and oxygen atoms in total. The maximum absolute atomic E-state index is 11.6. The molecule has 0 bridgehead atoms. The summed E-state index contributed by atoms with van der Waals surface area (Å²) >= 11 is 3.19. The fraction of sp³-hybridized carbons (Fsp3) is 0.182. The van der Waals surface area contributed by atoms with Crippen molar-refractivity contribution in [3.05, 3.63) is 22.2 Å². The molecule has 1 aromatic heterocycles. The Morgan fingerprint density at radius 1 is 1.64 bits per heavy atom. The third kappa shape index (κ3) is 3.91. The number of nitrogens with one attached hydrogen (secondary N) is 1. The number of phenolic OH excluding ortho intramolecular Hbond substituents is 1. The Morgan fingerprint density at radius 2 is 2.41 bits per heavy atom. The van der Waals surface area contributed by atoms with Crippen molar-refractivity contribution >= 4 is 34.0 Å². The maximum Gasteiger partial charge on any atom is 0.263 e. The molecule has 0 fully saturated rings. The number of nitrogens with zero attached hydrogens (tertiary/aromatic N) is 5. The highest BCUT2D eigenvalue weighted by atomic mass is 79.9. The number of amides is 1. The molecule has 0 spiro atoms. The summed E-state index contributed by atoms with van der Waals surface area (Å²) in [5, 5.41) is 24.1. The number of nitrogen functional groups attached to an aromatic ring is 1. The minimum Gasteiger partial charge on any atom is -0.503 e. The zero-order valence-electron chi connectivity index (χ0n) is 11.4. The average Bonchev–Trinajstić information content (AvgIpc) is 2.87. The van der Waals surface area contributed by atoms with E-state index in [0.29, 0.717) is 10.0 Å². The Labute approximate surface area is 133 Å². The van der Waals surface area contributed by atoms with Gasteiger partial charge in [0.2, 0.25) is 0 Å². The molecule has 116 valence electrons. The van der Waals surface area contributed by atoms with E-state index < -0.39 is 5.91 Å². The molecule has 11 heteroatoms. The number of tetrazole rings is 1. The van der Waals surface area contributed by atoms with Crippen LogP contribution in [0.15, 0.2) is 21.7 Å². The summed E-state index contributed by atoms with van der Waals surface area (Å²) in [6, 6.07) is 3.18. The standard InChI is InChI=1S/C11H12BrN7O3/c1-22-8-3-6(2-7(12)10(8)21)4-14-15-9(20)5-19-17-11(13)16-18-19/h2-4,21H,5H2,1H3,(H2,13,17)(H,15,20)/b14-4-. The van der Waals surface area contributed by atoms with Crippen LogP contribution in [0.5, 0.6) is 11.5 Å². The van der Waals surface area contributed by atoms with Gasteiger partial charge in [0, 0.05) is 0 Å². The van der Waals surface area contributed by atoms with Crippen molar-refractivity contribution in [1.29, 1.82) is 0 Å². The molecule has 0 atom stereocenters. The summed E-state index contributed by atoms with van der Waals surface area (Å²) in [5.41, 5.74) is 8.20. The molecule has 0 radical (unpaired) electrons. The average molecular weight is 370 g/mol. The lowest BCUT2D eigenvalue weighted by Crippen LogP contribution is -2.24. The van der Waals surface area contributed by atoms with Gasteiger partial charge in [-0.3, -0.25) is 4.79 Å². The number of hydrazone groups is 1. The van der Waals surface area contributed by atoms with Crippen LogP contribution in [-0.2, 0) is 11.3 Å². The first-order chi connectivity index (χ1) is 10.5. The summed E-state index contributed by atoms with van der Waals surface area (Å²) < 4.78 is 5.45. The summed E-state index contributed by atoms with van der Waals surface area (Å²) in [4.78, 5) is 12.6. The molecule has 1 heterocycles. The van der Waals surface area contributed by atoms with Crippen LogP contribution in [0.4, 0.5) is 5.95 Å². The van der Waals surface area contributed by atoms with Gasteiger partial charge in [-0.15, -0.1) is 5.10 Å². The minimum absolute atomic E-state index is 0.0152. The van der Waals surface area contributed by atoms with Crippen molar-refractivity contribution < 1.29 is 14.6 Å². The van der Waals surface area contributed by atoms with Crippen LogP contribution in [0.2, 0.25) is 0 Å². The van der Waals surface area contributed by atoms with E-state index in [1.165, 1.54) is 13.3 Å². The van der Waals surface area contributed by atoms with Gasteiger partial charge in [-0.25, -0.2) is 5.43 Å². The number of carbonyl (C=O) groups excluding carboxylic acids is 1. The van der Waals surface area contributed by atoms with Crippen molar-refractivity contribution in [3.8, 4) is 11.5 Å². The van der Waals surface area contributed by atoms with Gasteiger partial charge in [-0.05, 0) is 38.8 Å². The SMILES string of the molecule is COc1cc(/C=N\NC(=O)Cn2nnc(N)n2)cc(Br)c1O. The number of rotatable bonds is 5. The third-order valence-electron chi connectivity index (χ3n) is 2.43. The second-order valence-corrected chi connectivity index (χ2v) is 4.88. The van der Waals surface area contributed by atoms with Crippen LogP contribution in [0.3, 0.4) is 0 Å². The van der Waals surface area contributed by atoms with Crippen molar-refractivity contribution in [2.45, 2.75) is 6.54 Å². The first kappa shape index (κ1) is 15.7. The Bertz CT molecular complexity index is 716. The number of hydrogen-bond donors (Lipinski definition) is 3. The molecular formula is C11H12BrN7O3. The zero-order chi connectivity index (χ0) is 16.1. The van der Waals surface area contributed by atoms with Crippen molar-refractivity contribution in [1.82, 2.24) is 25.6 Å². The number of ether oxygens (including phenoxy) is 1. The van der Waals surface area contributed by atoms with E-state index in [4.69, 9.17) is 10.5 Å². The minimum atomic E-state index is -0.446. The monoisotopic (exact) mass is 369 g/mol. The van der Waals surface area contributed by atoms with Crippen LogP contribution in [0.1, 0.15) is 5.56 Å². The largest absolute Gasteiger partial charge is 0.503 e. The number of halogens is 1. The number of carbonyl (C=O) groups is 1. The molecule has 0 aliphatic carbocycles. The first-order valence-electron chi connectivity index (χ1n) is 5.91. The second kappa shape index (κ2) is 6.85. The number of nitrogens with two attached hydrogens (primary N) is 1. The molecule has 22 heavy (non-hydrogen) atoms. The molecule has 2 rings (SSSR count). The van der Waals surface area contributed by atoms with E-state index in [2.05, 4.69) is 41.9 Å². The normalized spacial score (nSPS) is 10.8. The smallest absolute Gasteiger partial charge is 0.263 e. The number of benzene rings is 1. The van der Waals surface area contributed by atoms with E-state index in [1.54, 1.807) is 12.1 Å². The first-order valence-corrected chi connectivity index (χ1v) is 6.70. The molecule has 0 saturated heterocycles. The van der Waals surface area contributed by atoms with Gasteiger partial charge < -0.3 is 15.6 Å². The van der Waals surface area contributed by atoms with E-state index in [1.807, 2.05) is 0 Å². The summed E-state index contributed by atoms with van der Waals surface area (Å²) in [6.45, 7) is -0.163. The van der Waals surface area contributed by atoms with Gasteiger partial charge in [0.05, 0.1) is 17.8 Å². The van der Waals surface area contributed by atoms with Gasteiger partial charge in [0.25, 0.3) is 11.9 Å². The number of aromatic nitrogens is 4. The van der Waals surface area contributed by atoms with Crippen molar-refractivity contribution in [3.63, 3.8) is 0 Å². The van der Waals surface area contributed by atoms with Gasteiger partial charge in [0.1, 0.15) is 6.54 Å².